The summed E-state index contributed by atoms with van der Waals surface area (Å²) in [6.07, 6.45) is 3.64. The van der Waals surface area contributed by atoms with Gasteiger partial charge in [0.2, 0.25) is 5.95 Å². The minimum atomic E-state index is -1.17. The van der Waals surface area contributed by atoms with Crippen molar-refractivity contribution in [2.24, 2.45) is 12.5 Å². The molecule has 5 rings (SSSR count). The molecule has 1 spiro atoms. The molecule has 1 aliphatic carbocycles. The Balaban J connectivity index is 1.59. The fourth-order valence-electron chi connectivity index (χ4n) is 4.87. The van der Waals surface area contributed by atoms with Gasteiger partial charge in [-0.1, -0.05) is 17.7 Å². The molecule has 3 heterocycles. The number of pyridine rings is 1. The van der Waals surface area contributed by atoms with Crippen LogP contribution in [0.4, 0.5) is 11.6 Å². The molecule has 2 fully saturated rings. The molecular formula is C24H26ClN5O3. The second-order valence-electron chi connectivity index (χ2n) is 9.40. The number of fused-ring (bicyclic) bond motifs is 1. The molecule has 1 aliphatic heterocycles. The summed E-state index contributed by atoms with van der Waals surface area (Å²) in [7, 11) is 1.78. The number of halogens is 1. The van der Waals surface area contributed by atoms with Crippen LogP contribution in [0.1, 0.15) is 53.8 Å². The maximum atomic E-state index is 13.3. The third kappa shape index (κ3) is 3.82. The molecule has 9 heteroatoms. The topological polar surface area (TPSA) is 100 Å². The summed E-state index contributed by atoms with van der Waals surface area (Å²) in [5.74, 6) is -0.480. The number of carboxylic acid groups (broad SMARTS) is 1. The summed E-state index contributed by atoms with van der Waals surface area (Å²) < 4.78 is 1.65. The van der Waals surface area contributed by atoms with Crippen LogP contribution in [0.25, 0.3) is 10.9 Å². The minimum Gasteiger partial charge on any atom is -0.476 e. The lowest BCUT2D eigenvalue weighted by Gasteiger charge is -2.23. The van der Waals surface area contributed by atoms with E-state index in [0.29, 0.717) is 28.0 Å². The summed E-state index contributed by atoms with van der Waals surface area (Å²) in [6, 6.07) is 6.68. The molecule has 2 N–H and O–H groups in total. The maximum absolute atomic E-state index is 13.3. The van der Waals surface area contributed by atoms with Gasteiger partial charge in [-0.15, -0.1) is 0 Å². The smallest absolute Gasteiger partial charge is 0.356 e. The van der Waals surface area contributed by atoms with E-state index in [9.17, 15) is 14.7 Å². The summed E-state index contributed by atoms with van der Waals surface area (Å²) in [5.41, 5.74) is 2.93. The van der Waals surface area contributed by atoms with Gasteiger partial charge in [-0.05, 0) is 62.3 Å². The van der Waals surface area contributed by atoms with Crippen molar-refractivity contribution in [1.29, 1.82) is 0 Å². The van der Waals surface area contributed by atoms with Crippen LogP contribution < -0.4 is 15.8 Å². The number of nitrogens with zero attached hydrogens (tertiary/aromatic N) is 4. The average molecular weight is 468 g/mol. The monoisotopic (exact) mass is 467 g/mol. The van der Waals surface area contributed by atoms with Gasteiger partial charge in [0, 0.05) is 25.7 Å². The number of aryl methyl sites for hydroxylation is 1. The van der Waals surface area contributed by atoms with Crippen molar-refractivity contribution in [1.82, 2.24) is 14.5 Å². The molecule has 0 bridgehead atoms. The molecule has 0 amide bonds. The van der Waals surface area contributed by atoms with Gasteiger partial charge in [0.05, 0.1) is 22.6 Å². The number of anilines is 2. The summed E-state index contributed by atoms with van der Waals surface area (Å²) in [4.78, 5) is 36.1. The molecule has 1 atom stereocenters. The second-order valence-corrected chi connectivity index (χ2v) is 9.79. The zero-order valence-electron chi connectivity index (χ0n) is 18.9. The average Bonchev–Trinajstić information content (AvgIpc) is 3.40. The third-order valence-electron chi connectivity index (χ3n) is 6.91. The molecule has 2 aromatic heterocycles. The van der Waals surface area contributed by atoms with Gasteiger partial charge >= 0.3 is 5.97 Å². The van der Waals surface area contributed by atoms with Crippen molar-refractivity contribution in [3.8, 4) is 0 Å². The van der Waals surface area contributed by atoms with E-state index in [0.717, 1.165) is 30.6 Å². The fraction of sp³-hybridized carbons (Fsp3) is 0.417. The summed E-state index contributed by atoms with van der Waals surface area (Å²) in [5, 5.41) is 13.4. The highest BCUT2D eigenvalue weighted by Gasteiger charge is 2.48. The number of hydrogen-bond donors (Lipinski definition) is 2. The van der Waals surface area contributed by atoms with Crippen LogP contribution in [0.3, 0.4) is 0 Å². The first kappa shape index (κ1) is 21.7. The van der Waals surface area contributed by atoms with Gasteiger partial charge in [0.15, 0.2) is 5.69 Å². The lowest BCUT2D eigenvalue weighted by Crippen LogP contribution is -2.31. The van der Waals surface area contributed by atoms with Crippen molar-refractivity contribution < 1.29 is 9.90 Å². The van der Waals surface area contributed by atoms with Crippen molar-refractivity contribution in [3.05, 3.63) is 56.6 Å². The molecule has 1 aromatic carbocycles. The number of carboxylic acids is 1. The SMILES string of the molecule is Cc1cc(C(C)Nc2ccc(Cl)nc2C(=O)O)c2nc(N3CCC4(CC4)C3)n(C)c(=O)c2c1. The number of benzene rings is 1. The number of rotatable bonds is 5. The Morgan fingerprint density at radius 1 is 1.24 bits per heavy atom. The molecular weight excluding hydrogens is 442 g/mol. The maximum Gasteiger partial charge on any atom is 0.356 e. The quantitative estimate of drug-likeness (QED) is 0.543. The molecule has 1 unspecified atom stereocenters. The number of hydrogen-bond acceptors (Lipinski definition) is 6. The Morgan fingerprint density at radius 2 is 2.00 bits per heavy atom. The Morgan fingerprint density at radius 3 is 2.67 bits per heavy atom. The fourth-order valence-corrected chi connectivity index (χ4v) is 5.02. The summed E-state index contributed by atoms with van der Waals surface area (Å²) >= 11 is 5.90. The highest BCUT2D eigenvalue weighted by Crippen LogP contribution is 2.53. The highest BCUT2D eigenvalue weighted by atomic mass is 35.5. The Bertz CT molecular complexity index is 1350. The number of aromatic nitrogens is 3. The predicted molar refractivity (Wildman–Crippen MR) is 128 cm³/mol. The van der Waals surface area contributed by atoms with Gasteiger partial charge in [-0.3, -0.25) is 9.36 Å². The molecule has 2 aliphatic rings. The van der Waals surface area contributed by atoms with E-state index < -0.39 is 5.97 Å². The van der Waals surface area contributed by atoms with Crippen LogP contribution in [0.5, 0.6) is 0 Å². The van der Waals surface area contributed by atoms with Crippen LogP contribution in [0.15, 0.2) is 29.1 Å². The number of carbonyl (C=O) groups is 1. The van der Waals surface area contributed by atoms with E-state index in [4.69, 9.17) is 16.6 Å². The van der Waals surface area contributed by atoms with E-state index >= 15 is 0 Å². The van der Waals surface area contributed by atoms with E-state index in [1.165, 1.54) is 12.8 Å². The largest absolute Gasteiger partial charge is 0.476 e. The Hall–Kier alpha value is -3.13. The molecule has 172 valence electrons. The van der Waals surface area contributed by atoms with Gasteiger partial charge in [-0.2, -0.15) is 0 Å². The van der Waals surface area contributed by atoms with E-state index in [1.807, 2.05) is 26.0 Å². The van der Waals surface area contributed by atoms with Crippen LogP contribution in [0, 0.1) is 12.3 Å². The Labute approximate surface area is 196 Å². The minimum absolute atomic E-state index is 0.0803. The molecule has 1 saturated carbocycles. The standard InChI is InChI=1S/C24H26ClN5O3/c1-13-10-15(14(2)26-17-4-5-18(25)27-20(17)22(32)33)19-16(11-13)21(31)29(3)23(28-19)30-9-8-24(12-30)6-7-24/h4-5,10-11,14,26H,6-9,12H2,1-3H3,(H,32,33). The van der Waals surface area contributed by atoms with Crippen LogP contribution >= 0.6 is 11.6 Å². The van der Waals surface area contributed by atoms with Crippen molar-refractivity contribution >= 4 is 40.1 Å². The van der Waals surface area contributed by atoms with Crippen LogP contribution in [-0.2, 0) is 7.05 Å². The molecule has 33 heavy (non-hydrogen) atoms. The zero-order valence-corrected chi connectivity index (χ0v) is 19.6. The van der Waals surface area contributed by atoms with E-state index in [-0.39, 0.29) is 22.4 Å². The Kier molecular flexibility index (Phi) is 5.08. The highest BCUT2D eigenvalue weighted by molar-refractivity contribution is 6.29. The first-order chi connectivity index (χ1) is 15.7. The molecule has 3 aromatic rings. The number of aromatic carboxylic acids is 1. The summed E-state index contributed by atoms with van der Waals surface area (Å²) in [6.45, 7) is 5.70. The van der Waals surface area contributed by atoms with Crippen LogP contribution in [-0.4, -0.2) is 38.7 Å². The van der Waals surface area contributed by atoms with Crippen molar-refractivity contribution in [2.45, 2.75) is 39.2 Å². The van der Waals surface area contributed by atoms with E-state index in [1.54, 1.807) is 23.7 Å². The lowest BCUT2D eigenvalue weighted by atomic mass is 10.0. The zero-order chi connectivity index (χ0) is 23.5. The van der Waals surface area contributed by atoms with Gasteiger partial charge < -0.3 is 15.3 Å². The molecule has 1 saturated heterocycles. The van der Waals surface area contributed by atoms with Crippen molar-refractivity contribution in [3.63, 3.8) is 0 Å². The first-order valence-corrected chi connectivity index (χ1v) is 11.5. The number of nitrogens with one attached hydrogen (secondary N) is 1. The normalized spacial score (nSPS) is 17.5. The molecule has 8 nitrogen and oxygen atoms in total. The molecule has 0 radical (unpaired) electrons. The van der Waals surface area contributed by atoms with Gasteiger partial charge in [0.25, 0.3) is 5.56 Å². The second kappa shape index (κ2) is 7.73. The predicted octanol–water partition coefficient (Wildman–Crippen LogP) is 4.15. The van der Waals surface area contributed by atoms with Crippen LogP contribution in [0.2, 0.25) is 5.15 Å². The van der Waals surface area contributed by atoms with E-state index in [2.05, 4.69) is 15.2 Å². The van der Waals surface area contributed by atoms with Gasteiger partial charge in [-0.25, -0.2) is 14.8 Å². The third-order valence-corrected chi connectivity index (χ3v) is 7.12. The van der Waals surface area contributed by atoms with Crippen molar-refractivity contribution in [2.75, 3.05) is 23.3 Å². The van der Waals surface area contributed by atoms with Gasteiger partial charge in [0.1, 0.15) is 5.15 Å². The lowest BCUT2D eigenvalue weighted by molar-refractivity contribution is 0.0691. The first-order valence-electron chi connectivity index (χ1n) is 11.1.